The average Bonchev–Trinajstić information content (AvgIpc) is 1.86. The molecule has 0 aromatic carbocycles. The first-order valence-electron chi connectivity index (χ1n) is 1.55. The first-order valence-corrected chi connectivity index (χ1v) is 1.55. The summed E-state index contributed by atoms with van der Waals surface area (Å²) < 4.78 is 0. The number of carbonyl (C=O) groups excluding carboxylic acids is 1. The van der Waals surface area contributed by atoms with E-state index < -0.39 is 0 Å². The highest BCUT2D eigenvalue weighted by molar-refractivity contribution is 5.75. The van der Waals surface area contributed by atoms with Crippen molar-refractivity contribution in [3.05, 3.63) is 0 Å². The fourth-order valence-corrected chi connectivity index (χ4v) is 0.238. The van der Waals surface area contributed by atoms with Gasteiger partial charge in [0.2, 0.25) is 0 Å². The van der Waals surface area contributed by atoms with Gasteiger partial charge < -0.3 is 5.32 Å². The minimum Gasteiger partial charge on any atom is -0.314 e. The second-order valence-electron chi connectivity index (χ2n) is 0.881. The van der Waals surface area contributed by atoms with E-state index in [9.17, 15) is 4.79 Å². The molecule has 0 aliphatic carbocycles. The molecule has 1 aliphatic heterocycles. The Morgan fingerprint density at radius 2 is 2.67 bits per heavy atom. The minimum absolute atomic E-state index is 0.338. The lowest BCUT2D eigenvalue weighted by molar-refractivity contribution is 0.252. The van der Waals surface area contributed by atoms with Crippen molar-refractivity contribution in [3.8, 4) is 0 Å². The number of hydrogen-bond acceptors (Lipinski definition) is 2. The van der Waals surface area contributed by atoms with Crippen LogP contribution in [0.2, 0.25) is 0 Å². The van der Waals surface area contributed by atoms with Gasteiger partial charge in [0.1, 0.15) is 6.67 Å². The van der Waals surface area contributed by atoms with Gasteiger partial charge in [-0.3, -0.25) is 0 Å². The largest absolute Gasteiger partial charge is 0.360 e. The maximum absolute atomic E-state index is 9.87. The van der Waals surface area contributed by atoms with Crippen LogP contribution >= 0.6 is 0 Å². The third-order valence-electron chi connectivity index (χ3n) is 0.463. The van der Waals surface area contributed by atoms with Gasteiger partial charge in [0.25, 0.3) is 0 Å². The molecule has 0 atom stereocenters. The Labute approximate surface area is 34.3 Å². The Hall–Kier alpha value is -0.930. The first kappa shape index (κ1) is 3.27. The maximum atomic E-state index is 9.87. The minimum atomic E-state index is -0.338. The molecule has 0 fully saturated rings. The number of urea groups is 1. The zero-order valence-electron chi connectivity index (χ0n) is 3.01. The van der Waals surface area contributed by atoms with Crippen molar-refractivity contribution in [1.82, 2.24) is 5.32 Å². The molecule has 1 heterocycles. The zero-order chi connectivity index (χ0) is 4.41. The number of azo groups is 1. The number of amides is 2. The van der Waals surface area contributed by atoms with Gasteiger partial charge in [-0.05, 0) is 0 Å². The van der Waals surface area contributed by atoms with Gasteiger partial charge in [0.05, 0.1) is 0 Å². The number of rotatable bonds is 0. The van der Waals surface area contributed by atoms with E-state index in [2.05, 4.69) is 15.5 Å². The summed E-state index contributed by atoms with van der Waals surface area (Å²) in [5, 5.41) is 8.79. The molecule has 32 valence electrons. The lowest BCUT2D eigenvalue weighted by Crippen LogP contribution is -2.11. The van der Waals surface area contributed by atoms with E-state index in [1.807, 2.05) is 0 Å². The molecule has 0 aromatic heterocycles. The Morgan fingerprint density at radius 1 is 1.83 bits per heavy atom. The van der Waals surface area contributed by atoms with Crippen LogP contribution in [-0.4, -0.2) is 12.7 Å². The van der Waals surface area contributed by atoms with Gasteiger partial charge in [-0.1, -0.05) is 5.11 Å². The van der Waals surface area contributed by atoms with Crippen LogP contribution in [0.1, 0.15) is 0 Å². The topological polar surface area (TPSA) is 53.8 Å². The van der Waals surface area contributed by atoms with Crippen molar-refractivity contribution in [2.24, 2.45) is 10.2 Å². The molecule has 1 aliphatic rings. The van der Waals surface area contributed by atoms with Gasteiger partial charge in [-0.15, -0.1) is 0 Å². The van der Waals surface area contributed by atoms with Gasteiger partial charge in [-0.25, -0.2) is 4.79 Å². The molecule has 0 saturated carbocycles. The maximum Gasteiger partial charge on any atom is 0.360 e. The van der Waals surface area contributed by atoms with Gasteiger partial charge in [-0.2, -0.15) is 5.11 Å². The average molecular weight is 85.1 g/mol. The fourth-order valence-electron chi connectivity index (χ4n) is 0.238. The van der Waals surface area contributed by atoms with Crippen LogP contribution in [0.25, 0.3) is 0 Å². The molecule has 2 amide bonds. The van der Waals surface area contributed by atoms with E-state index in [1.54, 1.807) is 0 Å². The van der Waals surface area contributed by atoms with E-state index in [0.717, 1.165) is 0 Å². The summed E-state index contributed by atoms with van der Waals surface area (Å²) in [4.78, 5) is 9.87. The molecule has 6 heavy (non-hydrogen) atoms. The molecule has 0 aromatic rings. The molecular weight excluding hydrogens is 82.0 g/mol. The van der Waals surface area contributed by atoms with Crippen molar-refractivity contribution < 1.29 is 4.79 Å². The first-order chi connectivity index (χ1) is 2.89. The molecule has 1 N–H and O–H groups in total. The number of nitrogens with zero attached hydrogens (tertiary/aromatic N) is 2. The van der Waals surface area contributed by atoms with Gasteiger partial charge in [0, 0.05) is 0 Å². The number of nitrogens with one attached hydrogen (secondary N) is 1. The Bertz CT molecular complexity index is 97.0. The highest BCUT2D eigenvalue weighted by atomic mass is 16.2. The third kappa shape index (κ3) is 0.357. The predicted molar refractivity (Wildman–Crippen MR) is 18.3 cm³/mol. The Balaban J connectivity index is 2.59. The highest BCUT2D eigenvalue weighted by Gasteiger charge is 1.99. The summed E-state index contributed by atoms with van der Waals surface area (Å²) in [7, 11) is 0. The van der Waals surface area contributed by atoms with Gasteiger partial charge in [0.15, 0.2) is 0 Å². The van der Waals surface area contributed by atoms with E-state index in [4.69, 9.17) is 0 Å². The van der Waals surface area contributed by atoms with Crippen LogP contribution in [0.4, 0.5) is 4.79 Å². The third-order valence-corrected chi connectivity index (χ3v) is 0.463. The van der Waals surface area contributed by atoms with Crippen molar-refractivity contribution in [3.63, 3.8) is 0 Å². The zero-order valence-corrected chi connectivity index (χ0v) is 3.01. The van der Waals surface area contributed by atoms with Crippen LogP contribution < -0.4 is 5.32 Å². The molecular formula is C2H3N3O. The van der Waals surface area contributed by atoms with E-state index in [0.29, 0.717) is 6.67 Å². The van der Waals surface area contributed by atoms with Crippen LogP contribution in [0.15, 0.2) is 10.2 Å². The van der Waals surface area contributed by atoms with Crippen LogP contribution in [0.3, 0.4) is 0 Å². The quantitative estimate of drug-likeness (QED) is 0.446. The van der Waals surface area contributed by atoms with Crippen molar-refractivity contribution in [2.75, 3.05) is 6.67 Å². The lowest BCUT2D eigenvalue weighted by atomic mass is 11.0. The van der Waals surface area contributed by atoms with E-state index in [1.165, 1.54) is 0 Å². The summed E-state index contributed by atoms with van der Waals surface area (Å²) in [6.45, 7) is 0.346. The lowest BCUT2D eigenvalue weighted by Gasteiger charge is -1.75. The Morgan fingerprint density at radius 3 is 2.83 bits per heavy atom. The van der Waals surface area contributed by atoms with Crippen LogP contribution in [0.5, 0.6) is 0 Å². The smallest absolute Gasteiger partial charge is 0.314 e. The van der Waals surface area contributed by atoms with Gasteiger partial charge >= 0.3 is 6.03 Å². The molecule has 0 spiro atoms. The summed E-state index contributed by atoms with van der Waals surface area (Å²) in [6.07, 6.45) is 0. The molecule has 0 bridgehead atoms. The summed E-state index contributed by atoms with van der Waals surface area (Å²) >= 11 is 0. The number of hydrogen-bond donors (Lipinski definition) is 1. The predicted octanol–water partition coefficient (Wildman–Crippen LogP) is 0.119. The van der Waals surface area contributed by atoms with Crippen LogP contribution in [0, 0.1) is 0 Å². The molecule has 4 heteroatoms. The second kappa shape index (κ2) is 1.04. The second-order valence-corrected chi connectivity index (χ2v) is 0.881. The van der Waals surface area contributed by atoms with Crippen molar-refractivity contribution in [2.45, 2.75) is 0 Å². The fraction of sp³-hybridized carbons (Fsp3) is 0.500. The molecule has 4 nitrogen and oxygen atoms in total. The standard InChI is InChI=1S/C2H3N3O/c6-2-3-1-4-5-2/h1H2,(H,3,6). The summed E-state index contributed by atoms with van der Waals surface area (Å²) in [6, 6.07) is -0.338. The van der Waals surface area contributed by atoms with Crippen molar-refractivity contribution >= 4 is 6.03 Å². The summed E-state index contributed by atoms with van der Waals surface area (Å²) in [5.74, 6) is 0. The van der Waals surface area contributed by atoms with Crippen LogP contribution in [-0.2, 0) is 0 Å². The molecule has 1 rings (SSSR count). The van der Waals surface area contributed by atoms with E-state index in [-0.39, 0.29) is 6.03 Å². The summed E-state index contributed by atoms with van der Waals surface area (Å²) in [5.41, 5.74) is 0. The van der Waals surface area contributed by atoms with E-state index >= 15 is 0 Å². The van der Waals surface area contributed by atoms with Crippen molar-refractivity contribution in [1.29, 1.82) is 0 Å². The monoisotopic (exact) mass is 85.0 g/mol. The molecule has 0 saturated heterocycles. The highest BCUT2D eigenvalue weighted by Crippen LogP contribution is 1.83. The normalized spacial score (nSPS) is 18.3. The molecule has 0 radical (unpaired) electrons. The SMILES string of the molecule is O=C1N=NCN1. The number of carbonyl (C=O) groups is 1. The molecule has 0 unspecified atom stereocenters. The Kier molecular flexibility index (Phi) is 0.567.